The lowest BCUT2D eigenvalue weighted by Gasteiger charge is -2.13. The summed E-state index contributed by atoms with van der Waals surface area (Å²) in [5, 5.41) is 7.90. The van der Waals surface area contributed by atoms with E-state index in [-0.39, 0.29) is 11.8 Å². The van der Waals surface area contributed by atoms with E-state index in [9.17, 15) is 4.79 Å². The quantitative estimate of drug-likeness (QED) is 0.460. The number of carbonyl (C=O) groups excluding carboxylic acids is 1. The summed E-state index contributed by atoms with van der Waals surface area (Å²) >= 11 is 0. The van der Waals surface area contributed by atoms with Gasteiger partial charge in [0.2, 0.25) is 11.8 Å². The monoisotopic (exact) mass is 385 g/mol. The molecule has 1 aromatic heterocycles. The van der Waals surface area contributed by atoms with Crippen molar-refractivity contribution in [1.82, 2.24) is 9.97 Å². The van der Waals surface area contributed by atoms with Gasteiger partial charge in [0, 0.05) is 23.7 Å². The number of nitrogens with one attached hydrogen (secondary N) is 2. The molecule has 4 aromatic rings. The minimum atomic E-state index is -0.124. The first-order chi connectivity index (χ1) is 14.1. The number of rotatable bonds is 5. The molecule has 144 valence electrons. The highest BCUT2D eigenvalue weighted by Gasteiger charge is 2.12. The Balaban J connectivity index is 1.58. The highest BCUT2D eigenvalue weighted by molar-refractivity contribution is 5.89. The fourth-order valence-electron chi connectivity index (χ4n) is 2.93. The van der Waals surface area contributed by atoms with Gasteiger partial charge < -0.3 is 21.1 Å². The van der Waals surface area contributed by atoms with Gasteiger partial charge in [-0.3, -0.25) is 4.79 Å². The van der Waals surface area contributed by atoms with Crippen molar-refractivity contribution in [2.75, 3.05) is 16.4 Å². The fraction of sp³-hybridized carbons (Fsp3) is 0.0455. The molecule has 0 bridgehead atoms. The number of nitrogens with zero attached hydrogens (tertiary/aromatic N) is 2. The Morgan fingerprint density at radius 2 is 1.66 bits per heavy atom. The molecule has 0 radical (unpaired) electrons. The van der Waals surface area contributed by atoms with E-state index in [1.807, 2.05) is 54.6 Å². The fourth-order valence-corrected chi connectivity index (χ4v) is 2.93. The van der Waals surface area contributed by atoms with Gasteiger partial charge in [0.1, 0.15) is 17.8 Å². The Kier molecular flexibility index (Phi) is 4.94. The average molecular weight is 385 g/mol. The van der Waals surface area contributed by atoms with Crippen LogP contribution in [-0.4, -0.2) is 15.9 Å². The van der Waals surface area contributed by atoms with E-state index < -0.39 is 0 Å². The molecule has 1 amide bonds. The van der Waals surface area contributed by atoms with Crippen LogP contribution in [0.3, 0.4) is 0 Å². The summed E-state index contributed by atoms with van der Waals surface area (Å²) in [5.74, 6) is 1.25. The minimum Gasteiger partial charge on any atom is -0.436 e. The van der Waals surface area contributed by atoms with Crippen molar-refractivity contribution in [1.29, 1.82) is 0 Å². The van der Waals surface area contributed by atoms with Gasteiger partial charge in [0.25, 0.3) is 0 Å². The Morgan fingerprint density at radius 3 is 2.45 bits per heavy atom. The van der Waals surface area contributed by atoms with Crippen molar-refractivity contribution in [3.63, 3.8) is 0 Å². The van der Waals surface area contributed by atoms with Crippen molar-refractivity contribution in [2.45, 2.75) is 6.92 Å². The van der Waals surface area contributed by atoms with Crippen LogP contribution in [0.25, 0.3) is 10.8 Å². The topological polar surface area (TPSA) is 102 Å². The number of aromatic nitrogens is 2. The molecule has 0 saturated heterocycles. The smallest absolute Gasteiger partial charge is 0.248 e. The zero-order valence-electron chi connectivity index (χ0n) is 15.7. The highest BCUT2D eigenvalue weighted by atomic mass is 16.5. The number of benzene rings is 3. The van der Waals surface area contributed by atoms with E-state index in [4.69, 9.17) is 10.5 Å². The van der Waals surface area contributed by atoms with Gasteiger partial charge in [0.05, 0.1) is 0 Å². The second-order valence-electron chi connectivity index (χ2n) is 6.40. The molecule has 1 heterocycles. The van der Waals surface area contributed by atoms with Gasteiger partial charge in [-0.25, -0.2) is 4.98 Å². The third-order valence-electron chi connectivity index (χ3n) is 4.27. The summed E-state index contributed by atoms with van der Waals surface area (Å²) in [6.07, 6.45) is 1.39. The van der Waals surface area contributed by atoms with Gasteiger partial charge in [-0.1, -0.05) is 36.4 Å². The Labute approximate surface area is 167 Å². The van der Waals surface area contributed by atoms with Gasteiger partial charge in [-0.05, 0) is 35.7 Å². The van der Waals surface area contributed by atoms with Crippen molar-refractivity contribution >= 4 is 39.6 Å². The normalized spacial score (nSPS) is 10.5. The van der Waals surface area contributed by atoms with Crippen molar-refractivity contribution in [2.24, 2.45) is 0 Å². The molecule has 0 aliphatic carbocycles. The first-order valence-corrected chi connectivity index (χ1v) is 9.01. The summed E-state index contributed by atoms with van der Waals surface area (Å²) in [7, 11) is 0. The molecule has 0 fully saturated rings. The van der Waals surface area contributed by atoms with E-state index in [1.165, 1.54) is 13.3 Å². The van der Waals surface area contributed by atoms with E-state index in [0.717, 1.165) is 16.5 Å². The Morgan fingerprint density at radius 1 is 0.931 bits per heavy atom. The molecule has 4 N–H and O–H groups in total. The average Bonchev–Trinajstić information content (AvgIpc) is 2.72. The number of hydrogen-bond donors (Lipinski definition) is 3. The van der Waals surface area contributed by atoms with E-state index in [1.54, 1.807) is 12.1 Å². The van der Waals surface area contributed by atoms with Crippen LogP contribution in [0.2, 0.25) is 0 Å². The summed E-state index contributed by atoms with van der Waals surface area (Å²) in [6.45, 7) is 1.46. The third-order valence-corrected chi connectivity index (χ3v) is 4.27. The predicted molar refractivity (Wildman–Crippen MR) is 114 cm³/mol. The van der Waals surface area contributed by atoms with Crippen LogP contribution in [0.15, 0.2) is 73.1 Å². The number of carbonyl (C=O) groups is 1. The first kappa shape index (κ1) is 18.2. The molecule has 0 unspecified atom stereocenters. The van der Waals surface area contributed by atoms with Crippen molar-refractivity contribution in [3.05, 3.63) is 73.1 Å². The molecule has 7 nitrogen and oxygen atoms in total. The molecular weight excluding hydrogens is 366 g/mol. The Bertz CT molecular complexity index is 1170. The summed E-state index contributed by atoms with van der Waals surface area (Å²) < 4.78 is 6.00. The number of fused-ring (bicyclic) bond motifs is 1. The molecule has 0 atom stereocenters. The van der Waals surface area contributed by atoms with E-state index >= 15 is 0 Å². The second-order valence-corrected chi connectivity index (χ2v) is 6.40. The summed E-state index contributed by atoms with van der Waals surface area (Å²) in [4.78, 5) is 19.5. The van der Waals surface area contributed by atoms with Gasteiger partial charge in [0.15, 0.2) is 5.82 Å². The Hall–Kier alpha value is -4.13. The van der Waals surface area contributed by atoms with Gasteiger partial charge in [-0.15, -0.1) is 0 Å². The maximum absolute atomic E-state index is 11.1. The van der Waals surface area contributed by atoms with Crippen LogP contribution < -0.4 is 21.1 Å². The van der Waals surface area contributed by atoms with Crippen LogP contribution >= 0.6 is 0 Å². The lowest BCUT2D eigenvalue weighted by Crippen LogP contribution is -2.06. The molecular formula is C22H19N5O2. The first-order valence-electron chi connectivity index (χ1n) is 9.01. The van der Waals surface area contributed by atoms with E-state index in [0.29, 0.717) is 22.9 Å². The summed E-state index contributed by atoms with van der Waals surface area (Å²) in [5.41, 5.74) is 8.02. The number of amides is 1. The zero-order valence-corrected chi connectivity index (χ0v) is 15.7. The molecule has 4 rings (SSSR count). The molecule has 0 saturated carbocycles. The molecule has 0 aliphatic rings. The zero-order chi connectivity index (χ0) is 20.2. The molecule has 0 spiro atoms. The van der Waals surface area contributed by atoms with Crippen molar-refractivity contribution in [3.8, 4) is 11.6 Å². The number of hydrogen-bond acceptors (Lipinski definition) is 6. The highest BCUT2D eigenvalue weighted by Crippen LogP contribution is 2.34. The number of anilines is 4. The number of ether oxygens (including phenoxy) is 1. The lowest BCUT2D eigenvalue weighted by molar-refractivity contribution is -0.114. The third kappa shape index (κ3) is 4.08. The van der Waals surface area contributed by atoms with Crippen LogP contribution in [0, 0.1) is 0 Å². The predicted octanol–water partition coefficient (Wildman–Crippen LogP) is 4.71. The van der Waals surface area contributed by atoms with E-state index in [2.05, 4.69) is 20.6 Å². The van der Waals surface area contributed by atoms with Crippen LogP contribution in [0.5, 0.6) is 11.6 Å². The molecule has 29 heavy (non-hydrogen) atoms. The van der Waals surface area contributed by atoms with Crippen molar-refractivity contribution < 1.29 is 9.53 Å². The van der Waals surface area contributed by atoms with Crippen LogP contribution in [0.4, 0.5) is 22.9 Å². The standard InChI is InChI=1S/C22H19N5O2/c1-14(28)26-16-9-11-17(12-10-16)27-21-20(23)22(25-13-24-21)29-19-8-4-6-15-5-2-3-7-18(15)19/h2-13H,23H2,1H3,(H,26,28)(H,24,25,27). The molecule has 7 heteroatoms. The minimum absolute atomic E-state index is 0.124. The summed E-state index contributed by atoms with van der Waals surface area (Å²) in [6, 6.07) is 21.0. The lowest BCUT2D eigenvalue weighted by atomic mass is 10.1. The van der Waals surface area contributed by atoms with Crippen LogP contribution in [-0.2, 0) is 4.79 Å². The maximum atomic E-state index is 11.1. The number of nitrogens with two attached hydrogens (primary N) is 1. The number of nitrogen functional groups attached to an aromatic ring is 1. The SMILES string of the molecule is CC(=O)Nc1ccc(Nc2ncnc(Oc3cccc4ccccc34)c2N)cc1. The molecule has 3 aromatic carbocycles. The second kappa shape index (κ2) is 7.85. The largest absolute Gasteiger partial charge is 0.436 e. The maximum Gasteiger partial charge on any atom is 0.248 e. The van der Waals surface area contributed by atoms with Crippen LogP contribution in [0.1, 0.15) is 6.92 Å². The van der Waals surface area contributed by atoms with Gasteiger partial charge >= 0.3 is 0 Å². The van der Waals surface area contributed by atoms with Gasteiger partial charge in [-0.2, -0.15) is 4.98 Å². The molecule has 0 aliphatic heterocycles.